The maximum atomic E-state index is 5.78. The highest BCUT2D eigenvalue weighted by Crippen LogP contribution is 2.12. The Balaban J connectivity index is 1.77. The van der Waals surface area contributed by atoms with Crippen LogP contribution < -0.4 is 11.1 Å². The molecule has 0 spiro atoms. The van der Waals surface area contributed by atoms with Crippen molar-refractivity contribution < 1.29 is 4.52 Å². The van der Waals surface area contributed by atoms with Crippen LogP contribution in [0.3, 0.4) is 0 Å². The lowest BCUT2D eigenvalue weighted by molar-refractivity contribution is 0.421. The third-order valence-corrected chi connectivity index (χ3v) is 3.00. The molecule has 0 saturated heterocycles. The number of hydrogen-bond acceptors (Lipinski definition) is 5. The van der Waals surface area contributed by atoms with Crippen LogP contribution in [0.1, 0.15) is 26.1 Å². The highest BCUT2D eigenvalue weighted by atomic mass is 16.5. The van der Waals surface area contributed by atoms with E-state index in [0.717, 1.165) is 13.0 Å². The molecule has 3 N–H and O–H groups in total. The number of rotatable bonds is 7. The second-order valence-electron chi connectivity index (χ2n) is 5.36. The quantitative estimate of drug-likeness (QED) is 0.595. The molecular formula is C15H22N6O. The summed E-state index contributed by atoms with van der Waals surface area (Å²) >= 11 is 0. The summed E-state index contributed by atoms with van der Waals surface area (Å²) in [7, 11) is 0. The van der Waals surface area contributed by atoms with Gasteiger partial charge in [0.1, 0.15) is 5.69 Å². The van der Waals surface area contributed by atoms with Crippen molar-refractivity contribution in [2.75, 3.05) is 13.1 Å². The summed E-state index contributed by atoms with van der Waals surface area (Å²) in [5, 5.41) is 6.97. The molecule has 7 nitrogen and oxygen atoms in total. The lowest BCUT2D eigenvalue weighted by Gasteiger charge is -2.04. The minimum atomic E-state index is 0.425. The number of hydrogen-bond donors (Lipinski definition) is 2. The Morgan fingerprint density at radius 1 is 1.41 bits per heavy atom. The van der Waals surface area contributed by atoms with Gasteiger partial charge in [-0.2, -0.15) is 4.98 Å². The van der Waals surface area contributed by atoms with Crippen LogP contribution in [-0.2, 0) is 6.42 Å². The zero-order chi connectivity index (χ0) is 15.8. The maximum Gasteiger partial charge on any atom is 0.276 e. The lowest BCUT2D eigenvalue weighted by Crippen LogP contribution is -2.33. The van der Waals surface area contributed by atoms with E-state index in [2.05, 4.69) is 39.3 Å². The van der Waals surface area contributed by atoms with Gasteiger partial charge in [0.25, 0.3) is 5.89 Å². The van der Waals surface area contributed by atoms with E-state index in [1.54, 1.807) is 6.20 Å². The van der Waals surface area contributed by atoms with Gasteiger partial charge in [-0.05, 0) is 24.5 Å². The van der Waals surface area contributed by atoms with E-state index in [9.17, 15) is 0 Å². The fourth-order valence-corrected chi connectivity index (χ4v) is 1.75. The van der Waals surface area contributed by atoms with Crippen LogP contribution in [0, 0.1) is 5.92 Å². The Morgan fingerprint density at radius 3 is 3.00 bits per heavy atom. The molecule has 0 atom stereocenters. The Kier molecular flexibility index (Phi) is 5.88. The minimum absolute atomic E-state index is 0.425. The molecule has 0 aromatic carbocycles. The van der Waals surface area contributed by atoms with Gasteiger partial charge >= 0.3 is 0 Å². The lowest BCUT2D eigenvalue weighted by atomic mass is 10.1. The van der Waals surface area contributed by atoms with Crippen molar-refractivity contribution >= 4 is 5.96 Å². The molecule has 0 bridgehead atoms. The van der Waals surface area contributed by atoms with Crippen LogP contribution in [0.2, 0.25) is 0 Å². The van der Waals surface area contributed by atoms with Crippen LogP contribution in [0.5, 0.6) is 0 Å². The summed E-state index contributed by atoms with van der Waals surface area (Å²) in [6, 6.07) is 5.54. The molecule has 0 radical (unpaired) electrons. The van der Waals surface area contributed by atoms with E-state index in [-0.39, 0.29) is 0 Å². The second-order valence-corrected chi connectivity index (χ2v) is 5.36. The highest BCUT2D eigenvalue weighted by molar-refractivity contribution is 5.77. The minimum Gasteiger partial charge on any atom is -0.370 e. The van der Waals surface area contributed by atoms with Crippen LogP contribution in [0.4, 0.5) is 0 Å². The summed E-state index contributed by atoms with van der Waals surface area (Å²) in [5.74, 6) is 2.12. The number of aromatic nitrogens is 3. The number of aliphatic imine (C=N–C) groups is 1. The van der Waals surface area contributed by atoms with Gasteiger partial charge in [0, 0.05) is 25.7 Å². The van der Waals surface area contributed by atoms with Gasteiger partial charge in [-0.3, -0.25) is 9.98 Å². The normalized spacial score (nSPS) is 11.9. The van der Waals surface area contributed by atoms with Crippen molar-refractivity contribution in [1.29, 1.82) is 0 Å². The number of nitrogens with one attached hydrogen (secondary N) is 1. The summed E-state index contributed by atoms with van der Waals surface area (Å²) in [6.45, 7) is 5.67. The summed E-state index contributed by atoms with van der Waals surface area (Å²) in [4.78, 5) is 12.7. The van der Waals surface area contributed by atoms with Crippen molar-refractivity contribution in [1.82, 2.24) is 20.4 Å². The summed E-state index contributed by atoms with van der Waals surface area (Å²) in [6.07, 6.45) is 3.33. The SMILES string of the molecule is CC(C)CCN=C(N)NCCc1noc(-c2ccccn2)n1. The van der Waals surface area contributed by atoms with Gasteiger partial charge in [-0.15, -0.1) is 0 Å². The molecular weight excluding hydrogens is 280 g/mol. The molecule has 0 fully saturated rings. The van der Waals surface area contributed by atoms with Gasteiger partial charge in [0.2, 0.25) is 0 Å². The topological polar surface area (TPSA) is 102 Å². The van der Waals surface area contributed by atoms with Crippen molar-refractivity contribution in [3.63, 3.8) is 0 Å². The number of guanidine groups is 1. The molecule has 7 heteroatoms. The van der Waals surface area contributed by atoms with Gasteiger partial charge < -0.3 is 15.6 Å². The molecule has 0 aliphatic carbocycles. The molecule has 0 saturated carbocycles. The molecule has 0 aliphatic rings. The van der Waals surface area contributed by atoms with Crippen molar-refractivity contribution in [3.05, 3.63) is 30.2 Å². The van der Waals surface area contributed by atoms with Crippen molar-refractivity contribution in [2.24, 2.45) is 16.6 Å². The Bertz CT molecular complexity index is 593. The smallest absolute Gasteiger partial charge is 0.276 e. The fraction of sp³-hybridized carbons (Fsp3) is 0.467. The van der Waals surface area contributed by atoms with Crippen LogP contribution in [-0.4, -0.2) is 34.2 Å². The fourth-order valence-electron chi connectivity index (χ4n) is 1.75. The largest absolute Gasteiger partial charge is 0.370 e. The maximum absolute atomic E-state index is 5.78. The summed E-state index contributed by atoms with van der Waals surface area (Å²) in [5.41, 5.74) is 6.46. The highest BCUT2D eigenvalue weighted by Gasteiger charge is 2.09. The molecule has 0 aliphatic heterocycles. The molecule has 2 aromatic heterocycles. The van der Waals surface area contributed by atoms with E-state index < -0.39 is 0 Å². The van der Waals surface area contributed by atoms with Crippen LogP contribution in [0.15, 0.2) is 33.9 Å². The Morgan fingerprint density at radius 2 is 2.27 bits per heavy atom. The third kappa shape index (κ3) is 5.16. The predicted molar refractivity (Wildman–Crippen MR) is 85.2 cm³/mol. The molecule has 118 valence electrons. The van der Waals surface area contributed by atoms with E-state index >= 15 is 0 Å². The van der Waals surface area contributed by atoms with Gasteiger partial charge in [0.15, 0.2) is 11.8 Å². The van der Waals surface area contributed by atoms with Gasteiger partial charge in [-0.25, -0.2) is 0 Å². The molecule has 0 amide bonds. The number of nitrogens with two attached hydrogens (primary N) is 1. The second kappa shape index (κ2) is 8.11. The first-order valence-electron chi connectivity index (χ1n) is 7.43. The average Bonchev–Trinajstić information content (AvgIpc) is 2.97. The van der Waals surface area contributed by atoms with Crippen LogP contribution >= 0.6 is 0 Å². The molecule has 2 heterocycles. The number of pyridine rings is 1. The Hall–Kier alpha value is -2.44. The number of nitrogens with zero attached hydrogens (tertiary/aromatic N) is 4. The van der Waals surface area contributed by atoms with Gasteiger partial charge in [-0.1, -0.05) is 25.1 Å². The Labute approximate surface area is 130 Å². The summed E-state index contributed by atoms with van der Waals surface area (Å²) < 4.78 is 5.19. The first-order chi connectivity index (χ1) is 10.6. The van der Waals surface area contributed by atoms with Gasteiger partial charge in [0.05, 0.1) is 0 Å². The zero-order valence-electron chi connectivity index (χ0n) is 13.0. The predicted octanol–water partition coefficient (Wildman–Crippen LogP) is 1.62. The van der Waals surface area contributed by atoms with E-state index in [1.807, 2.05) is 18.2 Å². The molecule has 2 aromatic rings. The van der Waals surface area contributed by atoms with Crippen LogP contribution in [0.25, 0.3) is 11.6 Å². The van der Waals surface area contributed by atoms with E-state index in [1.165, 1.54) is 0 Å². The first-order valence-corrected chi connectivity index (χ1v) is 7.43. The third-order valence-electron chi connectivity index (χ3n) is 3.00. The van der Waals surface area contributed by atoms with Crippen molar-refractivity contribution in [3.8, 4) is 11.6 Å². The van der Waals surface area contributed by atoms with Crippen molar-refractivity contribution in [2.45, 2.75) is 26.7 Å². The average molecular weight is 302 g/mol. The molecule has 22 heavy (non-hydrogen) atoms. The van der Waals surface area contributed by atoms with E-state index in [0.29, 0.717) is 42.3 Å². The standard InChI is InChI=1S/C15H22N6O/c1-11(2)6-9-18-15(16)19-10-7-13-20-14(22-21-13)12-5-3-4-8-17-12/h3-5,8,11H,6-7,9-10H2,1-2H3,(H3,16,18,19). The van der Waals surface area contributed by atoms with E-state index in [4.69, 9.17) is 10.3 Å². The first kappa shape index (κ1) is 15.9. The molecule has 0 unspecified atom stereocenters. The molecule has 2 rings (SSSR count). The monoisotopic (exact) mass is 302 g/mol. The zero-order valence-corrected chi connectivity index (χ0v) is 13.0.